The summed E-state index contributed by atoms with van der Waals surface area (Å²) >= 11 is 1.60. The maximum atomic E-state index is 13.3. The molecule has 1 N–H and O–H groups in total. The molecule has 0 saturated heterocycles. The molecule has 5 rings (SSSR count). The molecule has 1 aromatic heterocycles. The molecule has 0 atom stereocenters. The van der Waals surface area contributed by atoms with Crippen molar-refractivity contribution in [2.75, 3.05) is 11.9 Å². The molecular formula is C31H29FN2O3S. The maximum Gasteiger partial charge on any atom is 0.259 e. The van der Waals surface area contributed by atoms with Gasteiger partial charge in [-0.3, -0.25) is 4.79 Å². The van der Waals surface area contributed by atoms with Crippen molar-refractivity contribution in [2.24, 2.45) is 4.99 Å². The normalized spacial score (nSPS) is 12.8. The smallest absolute Gasteiger partial charge is 0.259 e. The summed E-state index contributed by atoms with van der Waals surface area (Å²) in [5.74, 6) is 0.802. The molecule has 5 nitrogen and oxygen atoms in total. The highest BCUT2D eigenvalue weighted by molar-refractivity contribution is 7.16. The molecule has 3 aromatic carbocycles. The predicted octanol–water partition coefficient (Wildman–Crippen LogP) is 7.75. The average Bonchev–Trinajstić information content (AvgIpc) is 3.31. The number of benzene rings is 3. The summed E-state index contributed by atoms with van der Waals surface area (Å²) in [4.78, 5) is 19.4. The van der Waals surface area contributed by atoms with Crippen LogP contribution in [0.3, 0.4) is 0 Å². The van der Waals surface area contributed by atoms with Gasteiger partial charge in [0.05, 0.1) is 12.2 Å². The van der Waals surface area contributed by atoms with Crippen LogP contribution in [0.25, 0.3) is 0 Å². The van der Waals surface area contributed by atoms with Crippen LogP contribution in [0.1, 0.15) is 51.7 Å². The van der Waals surface area contributed by atoms with Gasteiger partial charge in [0, 0.05) is 16.8 Å². The Bertz CT molecular complexity index is 1430. The number of aliphatic imine (C=N–C) groups is 1. The van der Waals surface area contributed by atoms with Gasteiger partial charge in [-0.25, -0.2) is 9.38 Å². The van der Waals surface area contributed by atoms with Gasteiger partial charge in [-0.15, -0.1) is 11.3 Å². The van der Waals surface area contributed by atoms with Crippen LogP contribution in [-0.2, 0) is 19.4 Å². The van der Waals surface area contributed by atoms with E-state index in [1.165, 1.54) is 17.0 Å². The van der Waals surface area contributed by atoms with Crippen LogP contribution in [0.4, 0.5) is 15.1 Å². The SMILES string of the molecule is CCOc1cc(C=Nc2sc3c(c2C(=O)Nc2ccccc2)CCCC3)ccc1OCc1ccc(F)cc1. The zero-order chi connectivity index (χ0) is 26.3. The van der Waals surface area contributed by atoms with Crippen molar-refractivity contribution in [1.82, 2.24) is 0 Å². The first-order valence-corrected chi connectivity index (χ1v) is 13.6. The molecule has 0 unspecified atom stereocenters. The zero-order valence-electron chi connectivity index (χ0n) is 21.2. The number of carbonyl (C=O) groups is 1. The lowest BCUT2D eigenvalue weighted by molar-refractivity contribution is 0.102. The summed E-state index contributed by atoms with van der Waals surface area (Å²) in [6, 6.07) is 21.4. The Morgan fingerprint density at radius 3 is 2.58 bits per heavy atom. The Balaban J connectivity index is 1.38. The molecular weight excluding hydrogens is 499 g/mol. The van der Waals surface area contributed by atoms with E-state index in [0.717, 1.165) is 53.1 Å². The van der Waals surface area contributed by atoms with Crippen LogP contribution in [-0.4, -0.2) is 18.7 Å². The van der Waals surface area contributed by atoms with E-state index in [0.29, 0.717) is 30.3 Å². The maximum absolute atomic E-state index is 13.3. The number of nitrogens with zero attached hydrogens (tertiary/aromatic N) is 1. The molecule has 0 saturated carbocycles. The molecule has 0 spiro atoms. The Kier molecular flexibility index (Phi) is 8.14. The lowest BCUT2D eigenvalue weighted by Gasteiger charge is -2.13. The molecule has 1 amide bonds. The second-order valence-corrected chi connectivity index (χ2v) is 10.1. The number of ether oxygens (including phenoxy) is 2. The third-order valence-electron chi connectivity index (χ3n) is 6.32. The summed E-state index contributed by atoms with van der Waals surface area (Å²) in [5.41, 5.74) is 4.27. The number of hydrogen-bond donors (Lipinski definition) is 1. The van der Waals surface area contributed by atoms with Crippen molar-refractivity contribution in [3.63, 3.8) is 0 Å². The zero-order valence-corrected chi connectivity index (χ0v) is 22.0. The van der Waals surface area contributed by atoms with Crippen molar-refractivity contribution >= 4 is 34.1 Å². The van der Waals surface area contributed by atoms with Crippen LogP contribution in [0, 0.1) is 5.82 Å². The van der Waals surface area contributed by atoms with E-state index in [1.54, 1.807) is 29.7 Å². The lowest BCUT2D eigenvalue weighted by atomic mass is 9.95. The summed E-state index contributed by atoms with van der Waals surface area (Å²) in [7, 11) is 0. The number of rotatable bonds is 9. The molecule has 0 aliphatic heterocycles. The number of fused-ring (bicyclic) bond motifs is 1. The number of halogens is 1. The first-order valence-electron chi connectivity index (χ1n) is 12.8. The highest BCUT2D eigenvalue weighted by Crippen LogP contribution is 2.40. The number of thiophene rings is 1. The number of aryl methyl sites for hydroxylation is 1. The van der Waals surface area contributed by atoms with E-state index in [1.807, 2.05) is 55.5 Å². The molecule has 7 heteroatoms. The summed E-state index contributed by atoms with van der Waals surface area (Å²) in [6.45, 7) is 2.70. The van der Waals surface area contributed by atoms with Crippen molar-refractivity contribution in [3.8, 4) is 11.5 Å². The van der Waals surface area contributed by atoms with Gasteiger partial charge in [-0.1, -0.05) is 30.3 Å². The van der Waals surface area contributed by atoms with E-state index >= 15 is 0 Å². The fourth-order valence-corrected chi connectivity index (χ4v) is 5.69. The van der Waals surface area contributed by atoms with Gasteiger partial charge in [0.25, 0.3) is 5.91 Å². The topological polar surface area (TPSA) is 59.9 Å². The quantitative estimate of drug-likeness (QED) is 0.226. The van der Waals surface area contributed by atoms with Gasteiger partial charge in [0.15, 0.2) is 11.5 Å². The standard InChI is InChI=1S/C31H29FN2O3S/c1-2-36-27-18-22(14-17-26(27)37-20-21-12-15-23(32)16-13-21)19-33-31-29(25-10-6-7-11-28(25)38-31)30(35)34-24-8-4-3-5-9-24/h3-5,8-9,12-19H,2,6-7,10-11,20H2,1H3,(H,34,35). The van der Waals surface area contributed by atoms with E-state index in [-0.39, 0.29) is 11.7 Å². The molecule has 38 heavy (non-hydrogen) atoms. The van der Waals surface area contributed by atoms with Crippen molar-refractivity contribution < 1.29 is 18.7 Å². The van der Waals surface area contributed by atoms with E-state index in [4.69, 9.17) is 14.5 Å². The van der Waals surface area contributed by atoms with Crippen molar-refractivity contribution in [3.05, 3.63) is 106 Å². The van der Waals surface area contributed by atoms with Crippen molar-refractivity contribution in [1.29, 1.82) is 0 Å². The van der Waals surface area contributed by atoms with Crippen molar-refractivity contribution in [2.45, 2.75) is 39.2 Å². The number of para-hydroxylation sites is 1. The number of nitrogens with one attached hydrogen (secondary N) is 1. The molecule has 1 aliphatic carbocycles. The predicted molar refractivity (Wildman–Crippen MR) is 151 cm³/mol. The van der Waals surface area contributed by atoms with Gasteiger partial charge in [0.2, 0.25) is 0 Å². The van der Waals surface area contributed by atoms with E-state index in [2.05, 4.69) is 5.32 Å². The van der Waals surface area contributed by atoms with Gasteiger partial charge in [0.1, 0.15) is 17.4 Å². The lowest BCUT2D eigenvalue weighted by Crippen LogP contribution is -2.14. The number of amides is 1. The Labute approximate surface area is 226 Å². The first kappa shape index (κ1) is 25.7. The third-order valence-corrected chi connectivity index (χ3v) is 7.52. The van der Waals surface area contributed by atoms with Crippen LogP contribution >= 0.6 is 11.3 Å². The van der Waals surface area contributed by atoms with E-state index in [9.17, 15) is 9.18 Å². The fourth-order valence-electron chi connectivity index (χ4n) is 4.46. The molecule has 1 aliphatic rings. The Morgan fingerprint density at radius 2 is 1.79 bits per heavy atom. The fraction of sp³-hybridized carbons (Fsp3) is 0.226. The second kappa shape index (κ2) is 12.0. The summed E-state index contributed by atoms with van der Waals surface area (Å²) < 4.78 is 25.0. The highest BCUT2D eigenvalue weighted by Gasteiger charge is 2.25. The van der Waals surface area contributed by atoms with Gasteiger partial charge < -0.3 is 14.8 Å². The largest absolute Gasteiger partial charge is 0.490 e. The molecule has 0 fully saturated rings. The van der Waals surface area contributed by atoms with Gasteiger partial charge >= 0.3 is 0 Å². The highest BCUT2D eigenvalue weighted by atomic mass is 32.1. The van der Waals surface area contributed by atoms with Crippen LogP contribution in [0.5, 0.6) is 11.5 Å². The molecule has 4 aromatic rings. The van der Waals surface area contributed by atoms with Gasteiger partial charge in [-0.2, -0.15) is 0 Å². The van der Waals surface area contributed by atoms with Crippen LogP contribution < -0.4 is 14.8 Å². The van der Waals surface area contributed by atoms with Crippen LogP contribution in [0.15, 0.2) is 77.8 Å². The Morgan fingerprint density at radius 1 is 1.00 bits per heavy atom. The minimum absolute atomic E-state index is 0.123. The molecule has 0 radical (unpaired) electrons. The molecule has 194 valence electrons. The minimum Gasteiger partial charge on any atom is -0.490 e. The van der Waals surface area contributed by atoms with Crippen LogP contribution in [0.2, 0.25) is 0 Å². The van der Waals surface area contributed by atoms with E-state index < -0.39 is 0 Å². The summed E-state index contributed by atoms with van der Waals surface area (Å²) in [5, 5.41) is 3.76. The summed E-state index contributed by atoms with van der Waals surface area (Å²) in [6.07, 6.45) is 5.86. The first-order chi connectivity index (χ1) is 18.6. The van der Waals surface area contributed by atoms with Gasteiger partial charge in [-0.05, 0) is 91.8 Å². The average molecular weight is 529 g/mol. The number of anilines is 1. The number of hydrogen-bond acceptors (Lipinski definition) is 5. The second-order valence-electron chi connectivity index (χ2n) is 9.02. The number of carbonyl (C=O) groups excluding carboxylic acids is 1. The molecule has 0 bridgehead atoms. The third kappa shape index (κ3) is 6.11. The Hall–Kier alpha value is -3.97. The minimum atomic E-state index is -0.278. The monoisotopic (exact) mass is 528 g/mol. The molecule has 1 heterocycles.